The van der Waals surface area contributed by atoms with Crippen LogP contribution in [0.3, 0.4) is 0 Å². The molecule has 146 valence electrons. The van der Waals surface area contributed by atoms with Crippen LogP contribution in [0.5, 0.6) is 0 Å². The van der Waals surface area contributed by atoms with Crippen LogP contribution in [0.1, 0.15) is 21.7 Å². The van der Waals surface area contributed by atoms with Crippen LogP contribution in [0.25, 0.3) is 11.5 Å². The van der Waals surface area contributed by atoms with Crippen molar-refractivity contribution in [2.75, 3.05) is 14.1 Å². The van der Waals surface area contributed by atoms with E-state index < -0.39 is 10.0 Å². The molecule has 0 saturated heterocycles. The van der Waals surface area contributed by atoms with Crippen molar-refractivity contribution in [2.24, 2.45) is 0 Å². The zero-order valence-corrected chi connectivity index (χ0v) is 16.5. The molecular formula is C19H20N4O4S. The molecule has 8 nitrogen and oxygen atoms in total. The summed E-state index contributed by atoms with van der Waals surface area (Å²) in [5.74, 6) is 0.705. The number of nitrogens with one attached hydrogen (secondary N) is 1. The molecule has 3 rings (SSSR count). The molecule has 0 aliphatic carbocycles. The van der Waals surface area contributed by atoms with E-state index in [0.717, 1.165) is 15.4 Å². The Labute approximate surface area is 163 Å². The first kappa shape index (κ1) is 19.7. The van der Waals surface area contributed by atoms with Crippen molar-refractivity contribution >= 4 is 15.9 Å². The molecule has 0 aliphatic rings. The fraction of sp³-hybridized carbons (Fsp3) is 0.211. The third kappa shape index (κ3) is 4.26. The number of aromatic nitrogens is 2. The Kier molecular flexibility index (Phi) is 5.57. The topological polar surface area (TPSA) is 105 Å². The predicted octanol–water partition coefficient (Wildman–Crippen LogP) is 2.23. The van der Waals surface area contributed by atoms with E-state index in [1.807, 2.05) is 0 Å². The Bertz CT molecular complexity index is 1070. The fourth-order valence-corrected chi connectivity index (χ4v) is 3.35. The van der Waals surface area contributed by atoms with E-state index in [4.69, 9.17) is 4.52 Å². The summed E-state index contributed by atoms with van der Waals surface area (Å²) in [6, 6.07) is 13.2. The Hall–Kier alpha value is -3.04. The lowest BCUT2D eigenvalue weighted by Crippen LogP contribution is -2.23. The van der Waals surface area contributed by atoms with Crippen LogP contribution in [-0.4, -0.2) is 42.9 Å². The predicted molar refractivity (Wildman–Crippen MR) is 103 cm³/mol. The molecule has 28 heavy (non-hydrogen) atoms. The van der Waals surface area contributed by atoms with E-state index in [2.05, 4.69) is 15.5 Å². The lowest BCUT2D eigenvalue weighted by Gasteiger charge is -2.12. The van der Waals surface area contributed by atoms with Crippen LogP contribution < -0.4 is 5.32 Å². The van der Waals surface area contributed by atoms with Gasteiger partial charge < -0.3 is 9.84 Å². The molecule has 1 aromatic heterocycles. The second-order valence-corrected chi connectivity index (χ2v) is 8.49. The SMILES string of the molecule is Cc1noc(-c2ccc(C(=O)NCc3ccc(S(=O)(=O)N(C)C)cc3)cc2)n1. The van der Waals surface area contributed by atoms with Gasteiger partial charge >= 0.3 is 0 Å². The second kappa shape index (κ2) is 7.91. The van der Waals surface area contributed by atoms with Gasteiger partial charge in [-0.3, -0.25) is 4.79 Å². The number of nitrogens with zero attached hydrogens (tertiary/aromatic N) is 3. The maximum absolute atomic E-state index is 12.3. The summed E-state index contributed by atoms with van der Waals surface area (Å²) in [4.78, 5) is 16.7. The molecule has 1 amide bonds. The maximum Gasteiger partial charge on any atom is 0.257 e. The van der Waals surface area contributed by atoms with Crippen LogP contribution in [0.4, 0.5) is 0 Å². The normalized spacial score (nSPS) is 11.6. The van der Waals surface area contributed by atoms with E-state index in [1.54, 1.807) is 43.3 Å². The van der Waals surface area contributed by atoms with Crippen LogP contribution in [0, 0.1) is 6.92 Å². The molecule has 0 atom stereocenters. The number of aryl methyl sites for hydroxylation is 1. The van der Waals surface area contributed by atoms with Crippen molar-refractivity contribution < 1.29 is 17.7 Å². The van der Waals surface area contributed by atoms with Crippen molar-refractivity contribution in [3.8, 4) is 11.5 Å². The van der Waals surface area contributed by atoms with E-state index in [9.17, 15) is 13.2 Å². The third-order valence-electron chi connectivity index (χ3n) is 4.08. The lowest BCUT2D eigenvalue weighted by atomic mass is 10.1. The summed E-state index contributed by atoms with van der Waals surface area (Å²) < 4.78 is 30.4. The molecule has 9 heteroatoms. The number of hydrogen-bond acceptors (Lipinski definition) is 6. The Morgan fingerprint density at radius 3 is 2.25 bits per heavy atom. The standard InChI is InChI=1S/C19H20N4O4S/c1-13-21-19(27-22-13)16-8-6-15(7-9-16)18(24)20-12-14-4-10-17(11-5-14)28(25,26)23(2)3/h4-11H,12H2,1-3H3,(H,20,24). The zero-order valence-electron chi connectivity index (χ0n) is 15.7. The minimum absolute atomic E-state index is 0.208. The Balaban J connectivity index is 1.62. The Morgan fingerprint density at radius 1 is 1.07 bits per heavy atom. The molecule has 0 bridgehead atoms. The number of amides is 1. The molecule has 0 unspecified atom stereocenters. The van der Waals surface area contributed by atoms with Crippen LogP contribution >= 0.6 is 0 Å². The van der Waals surface area contributed by atoms with E-state index in [0.29, 0.717) is 17.3 Å². The number of hydrogen-bond donors (Lipinski definition) is 1. The molecule has 1 N–H and O–H groups in total. The monoisotopic (exact) mass is 400 g/mol. The summed E-state index contributed by atoms with van der Waals surface area (Å²) in [7, 11) is -0.504. The maximum atomic E-state index is 12.3. The molecule has 0 radical (unpaired) electrons. The molecule has 0 saturated carbocycles. The molecule has 2 aromatic carbocycles. The summed E-state index contributed by atoms with van der Waals surface area (Å²) >= 11 is 0. The van der Waals surface area contributed by atoms with Gasteiger partial charge in [0.2, 0.25) is 10.0 Å². The number of carbonyl (C=O) groups is 1. The lowest BCUT2D eigenvalue weighted by molar-refractivity contribution is 0.0951. The van der Waals surface area contributed by atoms with Crippen molar-refractivity contribution in [3.63, 3.8) is 0 Å². The number of sulfonamides is 1. The van der Waals surface area contributed by atoms with Crippen LogP contribution in [-0.2, 0) is 16.6 Å². The first-order valence-electron chi connectivity index (χ1n) is 8.48. The summed E-state index contributed by atoms with van der Waals surface area (Å²) in [5, 5.41) is 6.55. The van der Waals surface area contributed by atoms with Crippen LogP contribution in [0.15, 0.2) is 57.9 Å². The highest BCUT2D eigenvalue weighted by Crippen LogP contribution is 2.18. The second-order valence-electron chi connectivity index (χ2n) is 6.34. The summed E-state index contributed by atoms with van der Waals surface area (Å²) in [6.45, 7) is 2.02. The van der Waals surface area contributed by atoms with Gasteiger partial charge in [0, 0.05) is 31.8 Å². The molecule has 0 spiro atoms. The van der Waals surface area contributed by atoms with Gasteiger partial charge in [-0.25, -0.2) is 12.7 Å². The first-order chi connectivity index (χ1) is 13.3. The van der Waals surface area contributed by atoms with Gasteiger partial charge in [0.1, 0.15) is 0 Å². The van der Waals surface area contributed by atoms with E-state index in [-0.39, 0.29) is 17.3 Å². The Morgan fingerprint density at radius 2 is 1.71 bits per heavy atom. The number of benzene rings is 2. The van der Waals surface area contributed by atoms with Gasteiger partial charge in [-0.2, -0.15) is 4.98 Å². The van der Waals surface area contributed by atoms with Crippen molar-refractivity contribution in [2.45, 2.75) is 18.4 Å². The third-order valence-corrected chi connectivity index (χ3v) is 5.91. The van der Waals surface area contributed by atoms with Gasteiger partial charge in [-0.15, -0.1) is 0 Å². The van der Waals surface area contributed by atoms with Crippen molar-refractivity contribution in [1.82, 2.24) is 19.8 Å². The van der Waals surface area contributed by atoms with E-state index in [1.165, 1.54) is 26.2 Å². The summed E-state index contributed by atoms with van der Waals surface area (Å²) in [5.41, 5.74) is 2.02. The zero-order chi connectivity index (χ0) is 20.3. The number of carbonyl (C=O) groups excluding carboxylic acids is 1. The molecule has 0 fully saturated rings. The minimum Gasteiger partial charge on any atom is -0.348 e. The van der Waals surface area contributed by atoms with Gasteiger partial charge in [-0.05, 0) is 48.9 Å². The van der Waals surface area contributed by atoms with Gasteiger partial charge in [0.25, 0.3) is 11.8 Å². The quantitative estimate of drug-likeness (QED) is 0.680. The molecule has 0 aliphatic heterocycles. The number of rotatable bonds is 6. The van der Waals surface area contributed by atoms with Crippen LogP contribution in [0.2, 0.25) is 0 Å². The molecule has 1 heterocycles. The van der Waals surface area contributed by atoms with E-state index >= 15 is 0 Å². The molecule has 3 aromatic rings. The van der Waals surface area contributed by atoms with Gasteiger partial charge in [0.15, 0.2) is 5.82 Å². The smallest absolute Gasteiger partial charge is 0.257 e. The summed E-state index contributed by atoms with van der Waals surface area (Å²) in [6.07, 6.45) is 0. The average Bonchev–Trinajstić information content (AvgIpc) is 3.13. The molecular weight excluding hydrogens is 380 g/mol. The fourth-order valence-electron chi connectivity index (χ4n) is 2.45. The van der Waals surface area contributed by atoms with Crippen molar-refractivity contribution in [1.29, 1.82) is 0 Å². The highest BCUT2D eigenvalue weighted by Gasteiger charge is 2.16. The average molecular weight is 400 g/mol. The van der Waals surface area contributed by atoms with Crippen molar-refractivity contribution in [3.05, 3.63) is 65.5 Å². The van der Waals surface area contributed by atoms with Gasteiger partial charge in [-0.1, -0.05) is 17.3 Å². The highest BCUT2D eigenvalue weighted by atomic mass is 32.2. The highest BCUT2D eigenvalue weighted by molar-refractivity contribution is 7.89. The first-order valence-corrected chi connectivity index (χ1v) is 9.92. The largest absolute Gasteiger partial charge is 0.348 e. The minimum atomic E-state index is -3.46. The van der Waals surface area contributed by atoms with Gasteiger partial charge in [0.05, 0.1) is 4.90 Å².